The highest BCUT2D eigenvalue weighted by Crippen LogP contribution is 2.46. The predicted molar refractivity (Wildman–Crippen MR) is 219 cm³/mol. The number of carbonyl (C=O) groups is 5. The fourth-order valence-corrected chi connectivity index (χ4v) is 9.49. The fraction of sp³-hybridized carbons (Fsp3) is 0.581. The van der Waals surface area contributed by atoms with Crippen molar-refractivity contribution in [3.05, 3.63) is 60.2 Å². The first kappa shape index (κ1) is 43.7. The van der Waals surface area contributed by atoms with Crippen LogP contribution in [-0.4, -0.2) is 125 Å². The number of piperidine rings is 1. The molecule has 1 spiro atoms. The molecule has 0 bridgehead atoms. The molecule has 7 rings (SSSR count). The van der Waals surface area contributed by atoms with Crippen molar-refractivity contribution in [3.63, 3.8) is 0 Å². The van der Waals surface area contributed by atoms with Gasteiger partial charge in [0, 0.05) is 76.3 Å². The summed E-state index contributed by atoms with van der Waals surface area (Å²) in [5.41, 5.74) is 0.584. The molecule has 15 nitrogen and oxygen atoms in total. The van der Waals surface area contributed by atoms with Gasteiger partial charge in [0.15, 0.2) is 0 Å². The Morgan fingerprint density at radius 1 is 0.885 bits per heavy atom. The van der Waals surface area contributed by atoms with Crippen LogP contribution in [0.15, 0.2) is 49.1 Å². The minimum Gasteiger partial charge on any atom is -0.358 e. The second kappa shape index (κ2) is 19.1. The normalized spacial score (nSPS) is 22.2. The summed E-state index contributed by atoms with van der Waals surface area (Å²) in [6.45, 7) is 4.45. The Hall–Kier alpha value is -5.39. The van der Waals surface area contributed by atoms with Crippen LogP contribution in [0.5, 0.6) is 0 Å². The maximum atomic E-state index is 13.3. The molecule has 61 heavy (non-hydrogen) atoms. The van der Waals surface area contributed by atoms with Crippen LogP contribution in [0.1, 0.15) is 81.4 Å². The molecule has 3 saturated heterocycles. The number of alkyl halides is 3. The molecule has 4 N–H and O–H groups in total. The van der Waals surface area contributed by atoms with Gasteiger partial charge in [-0.3, -0.25) is 29.0 Å². The quantitative estimate of drug-likeness (QED) is 0.165. The number of pyridine rings is 1. The zero-order valence-corrected chi connectivity index (χ0v) is 34.5. The van der Waals surface area contributed by atoms with Gasteiger partial charge in [-0.15, -0.1) is 0 Å². The second-order valence-electron chi connectivity index (χ2n) is 17.0. The molecule has 5 heterocycles. The van der Waals surface area contributed by atoms with Gasteiger partial charge in [0.2, 0.25) is 29.5 Å². The number of nitrogens with one attached hydrogen (secondary N) is 4. The summed E-state index contributed by atoms with van der Waals surface area (Å²) < 4.78 is 40.0. The van der Waals surface area contributed by atoms with Crippen LogP contribution in [0, 0.1) is 17.3 Å². The lowest BCUT2D eigenvalue weighted by Gasteiger charge is -2.45. The Morgan fingerprint density at radius 2 is 1.64 bits per heavy atom. The Labute approximate surface area is 353 Å². The summed E-state index contributed by atoms with van der Waals surface area (Å²) in [6.07, 6.45) is 7.59. The summed E-state index contributed by atoms with van der Waals surface area (Å²) in [5.74, 6) is -0.928. The largest absolute Gasteiger partial charge is 0.416 e. The number of halogens is 3. The average molecular weight is 849 g/mol. The number of rotatable bonds is 15. The second-order valence-corrected chi connectivity index (χ2v) is 17.0. The van der Waals surface area contributed by atoms with E-state index in [4.69, 9.17) is 0 Å². The van der Waals surface area contributed by atoms with Gasteiger partial charge in [0.1, 0.15) is 18.2 Å². The van der Waals surface area contributed by atoms with Gasteiger partial charge in [0.05, 0.1) is 23.0 Å². The van der Waals surface area contributed by atoms with Gasteiger partial charge < -0.3 is 36.0 Å². The van der Waals surface area contributed by atoms with Gasteiger partial charge in [0.25, 0.3) is 0 Å². The summed E-state index contributed by atoms with van der Waals surface area (Å²) >= 11 is 0. The smallest absolute Gasteiger partial charge is 0.358 e. The van der Waals surface area contributed by atoms with Crippen LogP contribution in [-0.2, 0) is 30.1 Å². The minimum atomic E-state index is -4.52. The zero-order chi connectivity index (χ0) is 43.1. The Balaban J connectivity index is 0.739. The van der Waals surface area contributed by atoms with Crippen LogP contribution in [0.25, 0.3) is 10.9 Å². The van der Waals surface area contributed by atoms with Crippen LogP contribution in [0.4, 0.5) is 19.0 Å². The van der Waals surface area contributed by atoms with Gasteiger partial charge in [-0.1, -0.05) is 6.07 Å². The fourth-order valence-electron chi connectivity index (χ4n) is 9.49. The highest BCUT2D eigenvalue weighted by molar-refractivity contribution is 5.93. The van der Waals surface area contributed by atoms with Crippen molar-refractivity contribution in [2.75, 3.05) is 64.7 Å². The molecule has 328 valence electrons. The molecule has 1 aromatic carbocycles. The molecular weight excluding hydrogens is 794 g/mol. The SMILES string of the molecule is CN1C(=O)C[C@H](C(=O)NCCNC(=O)C2CCC3(CC2)CCN(CCCC(=O)NCCN2CC[C@H](Nc4ncnc5ccc(C(F)(F)F)cc45)C2=O)CC3)[C@H]1c1cccnc1. The standard InChI is InChI=1S/C43H55F3N10O5/c1-54-36(58)25-32(37(54)29-4-2-15-47-26-29)40(60)50-17-16-49-39(59)28-8-11-42(12-9-28)13-21-55(22-14-42)19-3-5-35(57)48-18-23-56-20-10-34(41(56)61)53-38-31-24-30(43(44,45)46)6-7-33(31)51-27-52-38/h2,4,6-7,15,24,26-28,32,34,37H,3,5,8-14,16-23,25H2,1H3,(H,48,57)(H,49,59)(H,50,60)(H,51,52,53)/t32-,34-,37+/m0/s1. The number of amides is 5. The van der Waals surface area contributed by atoms with E-state index >= 15 is 0 Å². The molecule has 3 aliphatic heterocycles. The molecular formula is C43H55F3N10O5. The number of aromatic nitrogens is 3. The molecule has 1 aliphatic carbocycles. The number of anilines is 1. The number of nitrogens with zero attached hydrogens (tertiary/aromatic N) is 6. The highest BCUT2D eigenvalue weighted by Gasteiger charge is 2.43. The third-order valence-corrected chi connectivity index (χ3v) is 13.2. The molecule has 0 unspecified atom stereocenters. The van der Waals surface area contributed by atoms with E-state index in [1.54, 1.807) is 35.3 Å². The topological polar surface area (TPSA) is 182 Å². The van der Waals surface area contributed by atoms with Gasteiger partial charge in [-0.05, 0) is 106 Å². The van der Waals surface area contributed by atoms with Crippen molar-refractivity contribution < 1.29 is 37.1 Å². The van der Waals surface area contributed by atoms with Crippen molar-refractivity contribution >= 4 is 46.3 Å². The van der Waals surface area contributed by atoms with Gasteiger partial charge >= 0.3 is 6.18 Å². The predicted octanol–water partition coefficient (Wildman–Crippen LogP) is 3.68. The van der Waals surface area contributed by atoms with E-state index in [9.17, 15) is 37.1 Å². The van der Waals surface area contributed by atoms with Crippen molar-refractivity contribution in [1.82, 2.24) is 45.6 Å². The molecule has 3 aromatic rings. The van der Waals surface area contributed by atoms with Crippen molar-refractivity contribution in [1.29, 1.82) is 0 Å². The van der Waals surface area contributed by atoms with E-state index in [-0.39, 0.29) is 64.5 Å². The van der Waals surface area contributed by atoms with Gasteiger partial charge in [-0.2, -0.15) is 13.2 Å². The Morgan fingerprint density at radius 3 is 2.36 bits per heavy atom. The van der Waals surface area contributed by atoms with Crippen LogP contribution < -0.4 is 21.3 Å². The summed E-state index contributed by atoms with van der Waals surface area (Å²) in [5, 5.41) is 12.0. The van der Waals surface area contributed by atoms with E-state index in [1.165, 1.54) is 12.4 Å². The van der Waals surface area contributed by atoms with Crippen molar-refractivity contribution in [3.8, 4) is 0 Å². The van der Waals surface area contributed by atoms with Crippen LogP contribution in [0.3, 0.4) is 0 Å². The first-order valence-corrected chi connectivity index (χ1v) is 21.4. The molecule has 0 radical (unpaired) electrons. The highest BCUT2D eigenvalue weighted by atomic mass is 19.4. The molecule has 2 aromatic heterocycles. The average Bonchev–Trinajstić information content (AvgIpc) is 3.76. The van der Waals surface area contributed by atoms with E-state index in [2.05, 4.69) is 41.1 Å². The van der Waals surface area contributed by atoms with Gasteiger partial charge in [-0.25, -0.2) is 9.97 Å². The summed E-state index contributed by atoms with van der Waals surface area (Å²) in [4.78, 5) is 82.2. The van der Waals surface area contributed by atoms with E-state index in [1.807, 2.05) is 6.07 Å². The number of carbonyl (C=O) groups excluding carboxylic acids is 5. The number of hydrogen-bond acceptors (Lipinski definition) is 10. The lowest BCUT2D eigenvalue weighted by atomic mass is 9.65. The minimum absolute atomic E-state index is 0.0260. The van der Waals surface area contributed by atoms with E-state index in [0.717, 1.165) is 82.3 Å². The van der Waals surface area contributed by atoms with Crippen LogP contribution in [0.2, 0.25) is 0 Å². The van der Waals surface area contributed by atoms with Crippen molar-refractivity contribution in [2.24, 2.45) is 17.3 Å². The first-order valence-electron chi connectivity index (χ1n) is 21.4. The van der Waals surface area contributed by atoms with E-state index in [0.29, 0.717) is 51.1 Å². The number of fused-ring (bicyclic) bond motifs is 1. The number of benzene rings is 1. The number of likely N-dealkylation sites (tertiary alicyclic amines) is 3. The monoisotopic (exact) mass is 848 g/mol. The molecule has 4 aliphatic rings. The number of hydrogen-bond donors (Lipinski definition) is 4. The maximum Gasteiger partial charge on any atom is 0.416 e. The molecule has 18 heteroatoms. The zero-order valence-electron chi connectivity index (χ0n) is 34.5. The summed E-state index contributed by atoms with van der Waals surface area (Å²) in [6, 6.07) is 5.88. The first-order chi connectivity index (χ1) is 29.3. The molecule has 3 atom stereocenters. The molecule has 5 amide bonds. The van der Waals surface area contributed by atoms with Crippen LogP contribution >= 0.6 is 0 Å². The van der Waals surface area contributed by atoms with E-state index < -0.39 is 23.7 Å². The summed E-state index contributed by atoms with van der Waals surface area (Å²) in [7, 11) is 1.70. The lowest BCUT2D eigenvalue weighted by Crippen LogP contribution is -2.45. The third kappa shape index (κ3) is 10.6. The van der Waals surface area contributed by atoms with Crippen molar-refractivity contribution in [2.45, 2.75) is 82.5 Å². The Kier molecular flexibility index (Phi) is 13.7. The molecule has 1 saturated carbocycles. The molecule has 4 fully saturated rings. The third-order valence-electron chi connectivity index (χ3n) is 13.2. The Bertz CT molecular complexity index is 2050. The lowest BCUT2D eigenvalue weighted by molar-refractivity contribution is -0.137. The maximum absolute atomic E-state index is 13.3.